The Morgan fingerprint density at radius 1 is 1.16 bits per heavy atom. The molecule has 0 atom stereocenters. The van der Waals surface area contributed by atoms with Gasteiger partial charge in [-0.1, -0.05) is 23.9 Å². The molecule has 32 heavy (non-hydrogen) atoms. The van der Waals surface area contributed by atoms with Crippen molar-refractivity contribution < 1.29 is 13.9 Å². The van der Waals surface area contributed by atoms with Crippen LogP contribution >= 0.6 is 11.8 Å². The monoisotopic (exact) mass is 451 g/mol. The molecule has 1 amide bonds. The molecule has 0 spiro atoms. The van der Waals surface area contributed by atoms with Crippen LogP contribution in [0.5, 0.6) is 5.75 Å². The van der Waals surface area contributed by atoms with E-state index in [0.717, 1.165) is 32.7 Å². The summed E-state index contributed by atoms with van der Waals surface area (Å²) >= 11 is 1.40. The zero-order valence-corrected chi connectivity index (χ0v) is 18.4. The number of carbonyl (C=O) groups excluding carboxylic acids is 1. The number of thioether (sulfide) groups is 1. The van der Waals surface area contributed by atoms with E-state index in [2.05, 4.69) is 15.0 Å². The highest BCUT2D eigenvalue weighted by atomic mass is 32.2. The lowest BCUT2D eigenvalue weighted by atomic mass is 10.2. The Bertz CT molecular complexity index is 1290. The Labute approximate surface area is 188 Å². The quantitative estimate of drug-likeness (QED) is 0.368. The number of H-pyrrole nitrogens is 1. The van der Waals surface area contributed by atoms with Gasteiger partial charge in [-0.15, -0.1) is 0 Å². The Morgan fingerprint density at radius 2 is 1.97 bits per heavy atom. The third kappa shape index (κ3) is 3.84. The van der Waals surface area contributed by atoms with Crippen LogP contribution in [0.3, 0.4) is 0 Å². The molecule has 2 aromatic heterocycles. The van der Waals surface area contributed by atoms with Crippen LogP contribution < -0.4 is 9.64 Å². The van der Waals surface area contributed by atoms with Gasteiger partial charge in [0.15, 0.2) is 0 Å². The zero-order chi connectivity index (χ0) is 22.1. The van der Waals surface area contributed by atoms with Crippen molar-refractivity contribution in [2.75, 3.05) is 43.9 Å². The van der Waals surface area contributed by atoms with Gasteiger partial charge < -0.3 is 19.5 Å². The number of para-hydroxylation sites is 1. The SMILES string of the molecule is COc1ccc2[nH]c3c(SCC(=O)N4CCN(c5ccccc5F)CC4)ncnc3c2c1. The van der Waals surface area contributed by atoms with E-state index >= 15 is 0 Å². The average molecular weight is 452 g/mol. The molecule has 0 bridgehead atoms. The first-order valence-corrected chi connectivity index (χ1v) is 11.3. The molecular formula is C23H22FN5O2S. The first-order chi connectivity index (χ1) is 15.6. The van der Waals surface area contributed by atoms with Gasteiger partial charge in [0, 0.05) is 37.1 Å². The third-order valence-corrected chi connectivity index (χ3v) is 6.69. The van der Waals surface area contributed by atoms with Crippen molar-refractivity contribution in [2.45, 2.75) is 5.03 Å². The van der Waals surface area contributed by atoms with Crippen LogP contribution in [-0.4, -0.2) is 64.8 Å². The number of carbonyl (C=O) groups is 1. The Kier molecular flexibility index (Phi) is 5.57. The van der Waals surface area contributed by atoms with Crippen molar-refractivity contribution in [3.63, 3.8) is 0 Å². The summed E-state index contributed by atoms with van der Waals surface area (Å²) in [5, 5.41) is 1.70. The van der Waals surface area contributed by atoms with Gasteiger partial charge in [-0.25, -0.2) is 14.4 Å². The van der Waals surface area contributed by atoms with Gasteiger partial charge in [-0.2, -0.15) is 0 Å². The van der Waals surface area contributed by atoms with E-state index in [1.807, 2.05) is 34.1 Å². The van der Waals surface area contributed by atoms with Crippen LogP contribution in [0.1, 0.15) is 0 Å². The summed E-state index contributed by atoms with van der Waals surface area (Å²) in [7, 11) is 1.63. The summed E-state index contributed by atoms with van der Waals surface area (Å²) in [6.45, 7) is 2.36. The number of aromatic amines is 1. The second-order valence-electron chi connectivity index (χ2n) is 7.55. The van der Waals surface area contributed by atoms with Crippen LogP contribution in [0.4, 0.5) is 10.1 Å². The van der Waals surface area contributed by atoms with Gasteiger partial charge in [0.2, 0.25) is 5.91 Å². The number of aromatic nitrogens is 3. The molecule has 0 aliphatic carbocycles. The molecule has 0 unspecified atom stereocenters. The van der Waals surface area contributed by atoms with Gasteiger partial charge in [-0.3, -0.25) is 4.79 Å². The van der Waals surface area contributed by atoms with E-state index in [4.69, 9.17) is 4.74 Å². The molecule has 1 fully saturated rings. The number of benzene rings is 2. The average Bonchev–Trinajstić information content (AvgIpc) is 3.21. The molecule has 1 saturated heterocycles. The molecule has 164 valence electrons. The summed E-state index contributed by atoms with van der Waals surface area (Å²) in [5.41, 5.74) is 3.16. The minimum absolute atomic E-state index is 0.0488. The summed E-state index contributed by atoms with van der Waals surface area (Å²) in [4.78, 5) is 28.8. The lowest BCUT2D eigenvalue weighted by molar-refractivity contribution is -0.128. The number of nitrogens with one attached hydrogen (secondary N) is 1. The standard InChI is InChI=1S/C23H22FN5O2S/c1-31-15-6-7-18-16(12-15)21-22(27-18)23(26-14-25-21)32-13-20(30)29-10-8-28(9-11-29)19-5-3-2-4-17(19)24/h2-7,12,14,27H,8-11,13H2,1H3. The van der Waals surface area contributed by atoms with E-state index in [1.54, 1.807) is 19.2 Å². The van der Waals surface area contributed by atoms with Gasteiger partial charge in [0.05, 0.1) is 24.1 Å². The molecule has 4 aromatic rings. The van der Waals surface area contributed by atoms with Crippen molar-refractivity contribution in [2.24, 2.45) is 0 Å². The molecule has 1 N–H and O–H groups in total. The van der Waals surface area contributed by atoms with Crippen LogP contribution in [0, 0.1) is 5.82 Å². The van der Waals surface area contributed by atoms with Gasteiger partial charge >= 0.3 is 0 Å². The van der Waals surface area contributed by atoms with Crippen LogP contribution in [0.2, 0.25) is 0 Å². The highest BCUT2D eigenvalue weighted by Crippen LogP contribution is 2.32. The molecule has 3 heterocycles. The Balaban J connectivity index is 1.26. The van der Waals surface area contributed by atoms with Crippen molar-refractivity contribution >= 4 is 45.3 Å². The molecule has 9 heteroatoms. The summed E-state index contributed by atoms with van der Waals surface area (Å²) in [6.07, 6.45) is 1.52. The number of anilines is 1. The second-order valence-corrected chi connectivity index (χ2v) is 8.51. The van der Waals surface area contributed by atoms with Crippen molar-refractivity contribution in [3.8, 4) is 5.75 Å². The van der Waals surface area contributed by atoms with Crippen molar-refractivity contribution in [1.82, 2.24) is 19.9 Å². The van der Waals surface area contributed by atoms with Crippen LogP contribution in [0.25, 0.3) is 21.9 Å². The molecular weight excluding hydrogens is 429 g/mol. The number of amides is 1. The zero-order valence-electron chi connectivity index (χ0n) is 17.5. The maximum Gasteiger partial charge on any atom is 0.233 e. The Morgan fingerprint density at radius 3 is 2.75 bits per heavy atom. The highest BCUT2D eigenvalue weighted by molar-refractivity contribution is 8.00. The first kappa shape index (κ1) is 20.6. The molecule has 0 saturated carbocycles. The number of fused-ring (bicyclic) bond motifs is 3. The number of piperazine rings is 1. The number of nitrogens with zero attached hydrogens (tertiary/aromatic N) is 4. The minimum atomic E-state index is -0.230. The number of halogens is 1. The van der Waals surface area contributed by atoms with E-state index < -0.39 is 0 Å². The number of ether oxygens (including phenoxy) is 1. The van der Waals surface area contributed by atoms with Gasteiger partial charge in [0.1, 0.15) is 28.4 Å². The molecule has 5 rings (SSSR count). The highest BCUT2D eigenvalue weighted by Gasteiger charge is 2.23. The van der Waals surface area contributed by atoms with Gasteiger partial charge in [-0.05, 0) is 30.3 Å². The van der Waals surface area contributed by atoms with Crippen LogP contribution in [0.15, 0.2) is 53.8 Å². The fourth-order valence-electron chi connectivity index (χ4n) is 4.01. The molecule has 0 radical (unpaired) electrons. The third-order valence-electron chi connectivity index (χ3n) is 5.71. The lowest BCUT2D eigenvalue weighted by Crippen LogP contribution is -2.49. The molecule has 1 aliphatic heterocycles. The fraction of sp³-hybridized carbons (Fsp3) is 0.261. The molecule has 2 aromatic carbocycles. The van der Waals surface area contributed by atoms with E-state index in [9.17, 15) is 9.18 Å². The largest absolute Gasteiger partial charge is 0.497 e. The van der Waals surface area contributed by atoms with Crippen molar-refractivity contribution in [1.29, 1.82) is 0 Å². The molecule has 1 aliphatic rings. The van der Waals surface area contributed by atoms with E-state index in [1.165, 1.54) is 24.2 Å². The maximum atomic E-state index is 14.0. The molecule has 7 nitrogen and oxygen atoms in total. The summed E-state index contributed by atoms with van der Waals surface area (Å²) in [6, 6.07) is 12.5. The summed E-state index contributed by atoms with van der Waals surface area (Å²) < 4.78 is 19.4. The Hall–Kier alpha value is -3.33. The number of hydrogen-bond acceptors (Lipinski definition) is 6. The van der Waals surface area contributed by atoms with E-state index in [-0.39, 0.29) is 17.5 Å². The fourth-order valence-corrected chi connectivity index (χ4v) is 4.87. The maximum absolute atomic E-state index is 14.0. The lowest BCUT2D eigenvalue weighted by Gasteiger charge is -2.36. The predicted octanol–water partition coefficient (Wildman–Crippen LogP) is 3.70. The first-order valence-electron chi connectivity index (χ1n) is 10.3. The number of rotatable bonds is 5. The number of hydrogen-bond donors (Lipinski definition) is 1. The van der Waals surface area contributed by atoms with Crippen LogP contribution in [-0.2, 0) is 4.79 Å². The predicted molar refractivity (Wildman–Crippen MR) is 124 cm³/mol. The smallest absolute Gasteiger partial charge is 0.233 e. The number of methoxy groups -OCH3 is 1. The van der Waals surface area contributed by atoms with E-state index in [0.29, 0.717) is 31.9 Å². The minimum Gasteiger partial charge on any atom is -0.497 e. The van der Waals surface area contributed by atoms with Gasteiger partial charge in [0.25, 0.3) is 0 Å². The topological polar surface area (TPSA) is 74.4 Å². The summed E-state index contributed by atoms with van der Waals surface area (Å²) in [5.74, 6) is 0.861. The normalized spacial score (nSPS) is 14.3. The van der Waals surface area contributed by atoms with Crippen molar-refractivity contribution in [3.05, 3.63) is 54.6 Å². The second kappa shape index (κ2) is 8.66.